The molecule has 0 bridgehead atoms. The Morgan fingerprint density at radius 2 is 2.32 bits per heavy atom. The Hall–Kier alpha value is -2.93. The largest absolute Gasteiger partial charge is 0.475 e. The lowest BCUT2D eigenvalue weighted by Gasteiger charge is -2.09. The monoisotopic (exact) mass is 361 g/mol. The van der Waals surface area contributed by atoms with Crippen molar-refractivity contribution in [3.63, 3.8) is 0 Å². The minimum absolute atomic E-state index is 0.151. The number of rotatable bonds is 5. The van der Waals surface area contributed by atoms with Crippen molar-refractivity contribution in [3.8, 4) is 11.9 Å². The maximum Gasteiger partial charge on any atom is 0.350 e. The van der Waals surface area contributed by atoms with Gasteiger partial charge in [-0.05, 0) is 31.2 Å². The smallest absolute Gasteiger partial charge is 0.350 e. The van der Waals surface area contributed by atoms with Gasteiger partial charge in [0.05, 0.1) is 17.6 Å². The molecule has 0 spiro atoms. The van der Waals surface area contributed by atoms with Crippen LogP contribution in [0.15, 0.2) is 6.20 Å². The fourth-order valence-corrected chi connectivity index (χ4v) is 4.09. The molecule has 0 aliphatic heterocycles. The topological polar surface area (TPSA) is 123 Å². The highest BCUT2D eigenvalue weighted by molar-refractivity contribution is 7.16. The SMILES string of the molecule is COc1nn(CC(=O)Nc2sc3c(c2C#N)CCCC3)cc1[N+](=O)[O-]. The summed E-state index contributed by atoms with van der Waals surface area (Å²) >= 11 is 1.43. The van der Waals surface area contributed by atoms with Gasteiger partial charge in [0.2, 0.25) is 5.91 Å². The summed E-state index contributed by atoms with van der Waals surface area (Å²) in [5.41, 5.74) is 1.25. The molecular formula is C15H15N5O4S. The number of nitriles is 1. The van der Waals surface area contributed by atoms with Gasteiger partial charge in [-0.3, -0.25) is 19.6 Å². The third kappa shape index (κ3) is 3.32. The van der Waals surface area contributed by atoms with Crippen LogP contribution >= 0.6 is 11.3 Å². The van der Waals surface area contributed by atoms with Crippen LogP contribution in [0.25, 0.3) is 0 Å². The second-order valence-corrected chi connectivity index (χ2v) is 6.66. The number of nitro groups is 1. The number of hydrogen-bond acceptors (Lipinski definition) is 7. The molecule has 1 aliphatic rings. The number of ether oxygens (including phenoxy) is 1. The number of fused-ring (bicyclic) bond motifs is 1. The van der Waals surface area contributed by atoms with Crippen LogP contribution < -0.4 is 10.1 Å². The van der Waals surface area contributed by atoms with E-state index >= 15 is 0 Å². The van der Waals surface area contributed by atoms with E-state index in [1.807, 2.05) is 0 Å². The molecule has 0 saturated heterocycles. The fraction of sp³-hybridized carbons (Fsp3) is 0.400. The predicted octanol–water partition coefficient (Wildman–Crippen LogP) is 2.25. The molecule has 0 unspecified atom stereocenters. The van der Waals surface area contributed by atoms with Crippen LogP contribution in [0.1, 0.15) is 28.8 Å². The lowest BCUT2D eigenvalue weighted by atomic mass is 9.96. The van der Waals surface area contributed by atoms with Gasteiger partial charge in [0.25, 0.3) is 0 Å². The van der Waals surface area contributed by atoms with Gasteiger partial charge in [0.15, 0.2) is 0 Å². The number of aromatic nitrogens is 2. The van der Waals surface area contributed by atoms with Crippen LogP contribution in [0.3, 0.4) is 0 Å². The summed E-state index contributed by atoms with van der Waals surface area (Å²) < 4.78 is 5.98. The Bertz CT molecular complexity index is 879. The molecule has 2 aromatic rings. The van der Waals surface area contributed by atoms with Gasteiger partial charge >= 0.3 is 11.6 Å². The molecule has 9 nitrogen and oxygen atoms in total. The highest BCUT2D eigenvalue weighted by Crippen LogP contribution is 2.37. The molecule has 10 heteroatoms. The van der Waals surface area contributed by atoms with E-state index < -0.39 is 10.8 Å². The molecule has 0 radical (unpaired) electrons. The van der Waals surface area contributed by atoms with Crippen molar-refractivity contribution >= 4 is 27.9 Å². The number of methoxy groups -OCH3 is 1. The summed E-state index contributed by atoms with van der Waals surface area (Å²) in [5.74, 6) is -0.558. The zero-order valence-electron chi connectivity index (χ0n) is 13.4. The number of thiophene rings is 1. The van der Waals surface area contributed by atoms with Gasteiger partial charge in [-0.25, -0.2) is 0 Å². The summed E-state index contributed by atoms with van der Waals surface area (Å²) in [5, 5.41) is 27.4. The van der Waals surface area contributed by atoms with Crippen LogP contribution in [-0.2, 0) is 24.2 Å². The number of nitrogens with zero attached hydrogens (tertiary/aromatic N) is 4. The van der Waals surface area contributed by atoms with E-state index in [1.165, 1.54) is 18.4 Å². The number of carbonyl (C=O) groups excluding carboxylic acids is 1. The summed E-state index contributed by atoms with van der Waals surface area (Å²) in [6.45, 7) is -0.211. The number of hydrogen-bond donors (Lipinski definition) is 1. The van der Waals surface area contributed by atoms with Crippen molar-refractivity contribution in [1.29, 1.82) is 5.26 Å². The van der Waals surface area contributed by atoms with E-state index in [-0.39, 0.29) is 18.1 Å². The van der Waals surface area contributed by atoms with Crippen molar-refractivity contribution in [1.82, 2.24) is 9.78 Å². The van der Waals surface area contributed by atoms with Crippen LogP contribution in [-0.4, -0.2) is 27.7 Å². The summed E-state index contributed by atoms with van der Waals surface area (Å²) in [7, 11) is 1.27. The minimum Gasteiger partial charge on any atom is -0.475 e. The van der Waals surface area contributed by atoms with Crippen molar-refractivity contribution in [2.75, 3.05) is 12.4 Å². The van der Waals surface area contributed by atoms with Crippen LogP contribution in [0.5, 0.6) is 5.88 Å². The first-order chi connectivity index (χ1) is 12.0. The van der Waals surface area contributed by atoms with E-state index in [0.717, 1.165) is 47.0 Å². The number of aryl methyl sites for hydroxylation is 1. The Morgan fingerprint density at radius 3 is 2.96 bits per heavy atom. The first-order valence-corrected chi connectivity index (χ1v) is 8.45. The van der Waals surface area contributed by atoms with E-state index in [2.05, 4.69) is 16.5 Å². The van der Waals surface area contributed by atoms with E-state index in [4.69, 9.17) is 4.74 Å². The van der Waals surface area contributed by atoms with E-state index in [9.17, 15) is 20.2 Å². The zero-order valence-corrected chi connectivity index (χ0v) is 14.3. The Balaban J connectivity index is 1.77. The highest BCUT2D eigenvalue weighted by atomic mass is 32.1. The zero-order chi connectivity index (χ0) is 18.0. The van der Waals surface area contributed by atoms with Gasteiger partial charge < -0.3 is 10.1 Å². The maximum atomic E-state index is 12.3. The maximum absolute atomic E-state index is 12.3. The average molecular weight is 361 g/mol. The molecule has 1 N–H and O–H groups in total. The van der Waals surface area contributed by atoms with E-state index in [0.29, 0.717) is 10.6 Å². The summed E-state index contributed by atoms with van der Waals surface area (Å²) in [6.07, 6.45) is 5.05. The van der Waals surface area contributed by atoms with Gasteiger partial charge in [0, 0.05) is 4.88 Å². The summed E-state index contributed by atoms with van der Waals surface area (Å²) in [6, 6.07) is 2.17. The lowest BCUT2D eigenvalue weighted by Crippen LogP contribution is -2.19. The first-order valence-electron chi connectivity index (χ1n) is 7.63. The molecular weight excluding hydrogens is 346 g/mol. The quantitative estimate of drug-likeness (QED) is 0.643. The molecule has 0 aromatic carbocycles. The standard InChI is InChI=1S/C15H15N5O4S/c1-24-14-11(20(22)23)7-19(18-14)8-13(21)17-15-10(6-16)9-4-2-3-5-12(9)25-15/h7H,2-5,8H2,1H3,(H,17,21). The normalized spacial score (nSPS) is 13.0. The second kappa shape index (κ2) is 6.90. The lowest BCUT2D eigenvalue weighted by molar-refractivity contribution is -0.385. The van der Waals surface area contributed by atoms with Crippen molar-refractivity contribution < 1.29 is 14.5 Å². The minimum atomic E-state index is -0.624. The molecule has 130 valence electrons. The third-order valence-corrected chi connectivity index (χ3v) is 5.15. The fourth-order valence-electron chi connectivity index (χ4n) is 2.83. The Kier molecular flexibility index (Phi) is 4.67. The number of nitrogens with one attached hydrogen (secondary N) is 1. The van der Waals surface area contributed by atoms with Gasteiger partial charge in [-0.2, -0.15) is 5.26 Å². The average Bonchev–Trinajstić information content (AvgIpc) is 3.15. The molecule has 1 aliphatic carbocycles. The third-order valence-electron chi connectivity index (χ3n) is 3.94. The van der Waals surface area contributed by atoms with Crippen LogP contribution in [0, 0.1) is 21.4 Å². The Labute approximate surface area is 147 Å². The molecule has 0 atom stereocenters. The molecule has 3 rings (SSSR count). The molecule has 0 fully saturated rings. The van der Waals surface area contributed by atoms with E-state index in [1.54, 1.807) is 0 Å². The van der Waals surface area contributed by atoms with Gasteiger partial charge in [0.1, 0.15) is 23.8 Å². The van der Waals surface area contributed by atoms with Crippen molar-refractivity contribution in [3.05, 3.63) is 32.3 Å². The molecule has 25 heavy (non-hydrogen) atoms. The van der Waals surface area contributed by atoms with Gasteiger partial charge in [-0.1, -0.05) is 0 Å². The van der Waals surface area contributed by atoms with Gasteiger partial charge in [-0.15, -0.1) is 16.4 Å². The van der Waals surface area contributed by atoms with Crippen molar-refractivity contribution in [2.45, 2.75) is 32.2 Å². The van der Waals surface area contributed by atoms with Crippen LogP contribution in [0.4, 0.5) is 10.7 Å². The second-order valence-electron chi connectivity index (χ2n) is 5.55. The highest BCUT2D eigenvalue weighted by Gasteiger charge is 2.23. The summed E-state index contributed by atoms with van der Waals surface area (Å²) in [4.78, 5) is 23.7. The number of amides is 1. The molecule has 1 amide bonds. The molecule has 2 heterocycles. The first kappa shape index (κ1) is 16.9. The number of carbonyl (C=O) groups is 1. The predicted molar refractivity (Wildman–Crippen MR) is 89.7 cm³/mol. The molecule has 0 saturated carbocycles. The van der Waals surface area contributed by atoms with Crippen LogP contribution in [0.2, 0.25) is 0 Å². The Morgan fingerprint density at radius 1 is 1.56 bits per heavy atom. The number of anilines is 1. The van der Waals surface area contributed by atoms with Crippen molar-refractivity contribution in [2.24, 2.45) is 0 Å². The molecule has 2 aromatic heterocycles.